The predicted molar refractivity (Wildman–Crippen MR) is 82.2 cm³/mol. The van der Waals surface area contributed by atoms with Crippen LogP contribution in [0.2, 0.25) is 5.02 Å². The summed E-state index contributed by atoms with van der Waals surface area (Å²) in [5.74, 6) is -0.0207. The number of fused-ring (bicyclic) bond motifs is 1. The number of halogens is 1. The normalized spacial score (nSPS) is 10.7. The zero-order valence-electron chi connectivity index (χ0n) is 11.3. The van der Waals surface area contributed by atoms with Crippen LogP contribution in [0.1, 0.15) is 11.1 Å². The molecule has 21 heavy (non-hydrogen) atoms. The second kappa shape index (κ2) is 5.97. The number of carbonyl (C=O) groups is 1. The molecule has 0 spiro atoms. The summed E-state index contributed by atoms with van der Waals surface area (Å²) in [6.45, 7) is 0.472. The van der Waals surface area contributed by atoms with Crippen molar-refractivity contribution < 1.29 is 4.79 Å². The molecule has 2 heterocycles. The first-order valence-electron chi connectivity index (χ1n) is 6.65. The van der Waals surface area contributed by atoms with E-state index in [4.69, 9.17) is 11.6 Å². The van der Waals surface area contributed by atoms with E-state index in [2.05, 4.69) is 10.4 Å². The molecule has 0 radical (unpaired) electrons. The maximum atomic E-state index is 12.0. The highest BCUT2D eigenvalue weighted by atomic mass is 35.5. The van der Waals surface area contributed by atoms with Crippen molar-refractivity contribution in [1.29, 1.82) is 0 Å². The summed E-state index contributed by atoms with van der Waals surface area (Å²) in [7, 11) is 0. The maximum absolute atomic E-state index is 12.0. The van der Waals surface area contributed by atoms with Gasteiger partial charge in [-0.1, -0.05) is 29.8 Å². The van der Waals surface area contributed by atoms with Gasteiger partial charge in [-0.15, -0.1) is 0 Å². The van der Waals surface area contributed by atoms with Gasteiger partial charge in [-0.05, 0) is 29.8 Å². The third kappa shape index (κ3) is 3.23. The highest BCUT2D eigenvalue weighted by molar-refractivity contribution is 6.30. The van der Waals surface area contributed by atoms with Crippen molar-refractivity contribution in [3.63, 3.8) is 0 Å². The van der Waals surface area contributed by atoms with Crippen LogP contribution in [0.4, 0.5) is 0 Å². The van der Waals surface area contributed by atoms with Crippen molar-refractivity contribution in [2.24, 2.45) is 0 Å². The SMILES string of the molecule is O=C(Cc1ccc(Cl)cc1)NCc1cnn2ccccc12. The Labute approximate surface area is 127 Å². The van der Waals surface area contributed by atoms with Crippen molar-refractivity contribution in [3.8, 4) is 0 Å². The summed E-state index contributed by atoms with van der Waals surface area (Å²) in [5.41, 5.74) is 2.95. The van der Waals surface area contributed by atoms with E-state index < -0.39 is 0 Å². The Bertz CT molecular complexity index is 765. The fraction of sp³-hybridized carbons (Fsp3) is 0.125. The van der Waals surface area contributed by atoms with Gasteiger partial charge in [0, 0.05) is 23.3 Å². The number of pyridine rings is 1. The lowest BCUT2D eigenvalue weighted by atomic mass is 10.1. The van der Waals surface area contributed by atoms with Gasteiger partial charge in [-0.25, -0.2) is 4.52 Å². The molecule has 0 atom stereocenters. The third-order valence-corrected chi connectivity index (χ3v) is 3.51. The first-order valence-corrected chi connectivity index (χ1v) is 7.02. The molecule has 0 saturated heterocycles. The fourth-order valence-electron chi connectivity index (χ4n) is 2.17. The number of nitrogens with zero attached hydrogens (tertiary/aromatic N) is 2. The zero-order valence-corrected chi connectivity index (χ0v) is 12.0. The molecule has 1 amide bonds. The van der Waals surface area contributed by atoms with Crippen LogP contribution in [0.15, 0.2) is 54.9 Å². The van der Waals surface area contributed by atoms with Crippen LogP contribution in [0.3, 0.4) is 0 Å². The maximum Gasteiger partial charge on any atom is 0.224 e. The molecule has 0 aliphatic heterocycles. The van der Waals surface area contributed by atoms with Gasteiger partial charge in [-0.3, -0.25) is 4.79 Å². The lowest BCUT2D eigenvalue weighted by Gasteiger charge is -2.04. The summed E-state index contributed by atoms with van der Waals surface area (Å²) in [4.78, 5) is 12.0. The molecule has 106 valence electrons. The van der Waals surface area contributed by atoms with E-state index in [0.29, 0.717) is 18.0 Å². The third-order valence-electron chi connectivity index (χ3n) is 3.26. The molecule has 3 rings (SSSR count). The quantitative estimate of drug-likeness (QED) is 0.805. The molecule has 0 fully saturated rings. The minimum atomic E-state index is -0.0207. The summed E-state index contributed by atoms with van der Waals surface area (Å²) in [5, 5.41) is 7.83. The van der Waals surface area contributed by atoms with Gasteiger partial charge >= 0.3 is 0 Å². The van der Waals surface area contributed by atoms with Crippen LogP contribution in [0.25, 0.3) is 5.52 Å². The summed E-state index contributed by atoms with van der Waals surface area (Å²) >= 11 is 5.82. The van der Waals surface area contributed by atoms with Crippen molar-refractivity contribution in [2.45, 2.75) is 13.0 Å². The van der Waals surface area contributed by atoms with Gasteiger partial charge in [0.25, 0.3) is 0 Å². The Morgan fingerprint density at radius 2 is 2.00 bits per heavy atom. The van der Waals surface area contributed by atoms with E-state index in [-0.39, 0.29) is 5.91 Å². The minimum absolute atomic E-state index is 0.0207. The molecule has 0 aliphatic rings. The first-order chi connectivity index (χ1) is 10.2. The summed E-state index contributed by atoms with van der Waals surface area (Å²) < 4.78 is 1.79. The highest BCUT2D eigenvalue weighted by Crippen LogP contribution is 2.11. The lowest BCUT2D eigenvalue weighted by Crippen LogP contribution is -2.24. The standard InChI is InChI=1S/C16H14ClN3O/c17-14-6-4-12(5-7-14)9-16(21)18-10-13-11-19-20-8-2-1-3-15(13)20/h1-8,11H,9-10H2,(H,18,21). The number of rotatable bonds is 4. The molecule has 0 unspecified atom stereocenters. The van der Waals surface area contributed by atoms with Crippen LogP contribution in [0.5, 0.6) is 0 Å². The lowest BCUT2D eigenvalue weighted by molar-refractivity contribution is -0.120. The van der Waals surface area contributed by atoms with E-state index >= 15 is 0 Å². The number of nitrogens with one attached hydrogen (secondary N) is 1. The van der Waals surface area contributed by atoms with E-state index in [1.165, 1.54) is 0 Å². The van der Waals surface area contributed by atoms with Gasteiger partial charge in [0.15, 0.2) is 0 Å². The van der Waals surface area contributed by atoms with Gasteiger partial charge in [0.2, 0.25) is 5.91 Å². The van der Waals surface area contributed by atoms with Crippen molar-refractivity contribution in [1.82, 2.24) is 14.9 Å². The molecule has 2 aromatic heterocycles. The smallest absolute Gasteiger partial charge is 0.224 e. The van der Waals surface area contributed by atoms with E-state index in [0.717, 1.165) is 16.6 Å². The second-order valence-electron chi connectivity index (χ2n) is 4.78. The average Bonchev–Trinajstić information content (AvgIpc) is 2.91. The molecule has 1 aromatic carbocycles. The van der Waals surface area contributed by atoms with Crippen molar-refractivity contribution in [2.75, 3.05) is 0 Å². The van der Waals surface area contributed by atoms with E-state index in [9.17, 15) is 4.79 Å². The van der Waals surface area contributed by atoms with Crippen LogP contribution < -0.4 is 5.32 Å². The van der Waals surface area contributed by atoms with Gasteiger partial charge in [-0.2, -0.15) is 5.10 Å². The molecule has 0 bridgehead atoms. The fourth-order valence-corrected chi connectivity index (χ4v) is 2.29. The Balaban J connectivity index is 1.62. The number of benzene rings is 1. The van der Waals surface area contributed by atoms with Crippen molar-refractivity contribution in [3.05, 3.63) is 71.0 Å². The number of hydrogen-bond acceptors (Lipinski definition) is 2. The van der Waals surface area contributed by atoms with Gasteiger partial charge in [0.1, 0.15) is 0 Å². The Morgan fingerprint density at radius 1 is 1.19 bits per heavy atom. The Hall–Kier alpha value is -2.33. The number of amides is 1. The largest absolute Gasteiger partial charge is 0.352 e. The topological polar surface area (TPSA) is 46.4 Å². The molecule has 4 nitrogen and oxygen atoms in total. The summed E-state index contributed by atoms with van der Waals surface area (Å²) in [6.07, 6.45) is 4.00. The number of carbonyl (C=O) groups excluding carboxylic acids is 1. The molecule has 0 saturated carbocycles. The molecular weight excluding hydrogens is 286 g/mol. The second-order valence-corrected chi connectivity index (χ2v) is 5.22. The van der Waals surface area contributed by atoms with E-state index in [1.807, 2.05) is 36.5 Å². The minimum Gasteiger partial charge on any atom is -0.352 e. The number of aromatic nitrogens is 2. The predicted octanol–water partition coefficient (Wildman–Crippen LogP) is 2.85. The van der Waals surface area contributed by atoms with Gasteiger partial charge in [0.05, 0.1) is 18.1 Å². The monoisotopic (exact) mass is 299 g/mol. The zero-order chi connectivity index (χ0) is 14.7. The van der Waals surface area contributed by atoms with Gasteiger partial charge < -0.3 is 5.32 Å². The van der Waals surface area contributed by atoms with Crippen LogP contribution in [-0.4, -0.2) is 15.5 Å². The van der Waals surface area contributed by atoms with Crippen LogP contribution >= 0.6 is 11.6 Å². The molecule has 5 heteroatoms. The summed E-state index contributed by atoms with van der Waals surface area (Å²) in [6, 6.07) is 13.1. The van der Waals surface area contributed by atoms with Crippen molar-refractivity contribution >= 4 is 23.0 Å². The molecule has 0 aliphatic carbocycles. The number of hydrogen-bond donors (Lipinski definition) is 1. The highest BCUT2D eigenvalue weighted by Gasteiger charge is 2.06. The molecule has 3 aromatic rings. The molecule has 1 N–H and O–H groups in total. The molecular formula is C16H14ClN3O. The Morgan fingerprint density at radius 3 is 2.81 bits per heavy atom. The van der Waals surface area contributed by atoms with E-state index in [1.54, 1.807) is 22.8 Å². The average molecular weight is 300 g/mol. The Kier molecular flexibility index (Phi) is 3.88. The van der Waals surface area contributed by atoms with Crippen LogP contribution in [-0.2, 0) is 17.8 Å². The first kappa shape index (κ1) is 13.6. The van der Waals surface area contributed by atoms with Crippen LogP contribution in [0, 0.1) is 0 Å².